The van der Waals surface area contributed by atoms with E-state index >= 15 is 0 Å². The summed E-state index contributed by atoms with van der Waals surface area (Å²) in [5, 5.41) is 21.7. The van der Waals surface area contributed by atoms with E-state index in [0.29, 0.717) is 13.0 Å². The predicted molar refractivity (Wildman–Crippen MR) is 67.0 cm³/mol. The Bertz CT molecular complexity index is 506. The van der Waals surface area contributed by atoms with Gasteiger partial charge in [0.05, 0.1) is 12.6 Å². The molecule has 1 aliphatic rings. The quantitative estimate of drug-likeness (QED) is 0.522. The van der Waals surface area contributed by atoms with Gasteiger partial charge in [0.2, 0.25) is 11.9 Å². The van der Waals surface area contributed by atoms with Gasteiger partial charge in [0.25, 0.3) is 0 Å². The summed E-state index contributed by atoms with van der Waals surface area (Å²) in [4.78, 5) is 22.4. The number of nitrogens with two attached hydrogens (primary N) is 1. The topological polar surface area (TPSA) is 154 Å². The van der Waals surface area contributed by atoms with E-state index in [9.17, 15) is 9.59 Å². The minimum absolute atomic E-state index is 0.0378. The number of carboxylic acids is 1. The summed E-state index contributed by atoms with van der Waals surface area (Å²) >= 11 is 0. The first-order chi connectivity index (χ1) is 10.1. The van der Waals surface area contributed by atoms with Crippen molar-refractivity contribution in [2.24, 2.45) is 0 Å². The lowest BCUT2D eigenvalue weighted by atomic mass is 10.1. The summed E-state index contributed by atoms with van der Waals surface area (Å²) < 4.78 is 11.6. The number of carbonyl (C=O) groups is 2. The van der Waals surface area contributed by atoms with E-state index < -0.39 is 18.7 Å². The third-order valence-corrected chi connectivity index (χ3v) is 2.92. The van der Waals surface area contributed by atoms with Crippen LogP contribution < -0.4 is 11.1 Å². The number of rotatable bonds is 6. The van der Waals surface area contributed by atoms with Crippen LogP contribution in [0, 0.1) is 0 Å². The van der Waals surface area contributed by atoms with Gasteiger partial charge in [0.15, 0.2) is 0 Å². The molecule has 0 bridgehead atoms. The van der Waals surface area contributed by atoms with Crippen molar-refractivity contribution < 1.29 is 24.2 Å². The number of carboxylic acid groups (broad SMARTS) is 1. The molecule has 116 valence electrons. The SMILES string of the molecule is Nc1nnnn1CC(=O)N[C@@H]1CCOC[C@H]1OCC(=O)O. The van der Waals surface area contributed by atoms with Gasteiger partial charge in [-0.15, -0.1) is 0 Å². The number of aliphatic carboxylic acids is 1. The van der Waals surface area contributed by atoms with Gasteiger partial charge in [0, 0.05) is 6.61 Å². The van der Waals surface area contributed by atoms with Crippen molar-refractivity contribution >= 4 is 17.8 Å². The van der Waals surface area contributed by atoms with Gasteiger partial charge in [-0.25, -0.2) is 9.48 Å². The maximum absolute atomic E-state index is 11.9. The molecule has 1 fully saturated rings. The molecule has 2 heterocycles. The molecular formula is C10H16N6O5. The largest absolute Gasteiger partial charge is 0.480 e. The molecule has 1 aromatic heterocycles. The van der Waals surface area contributed by atoms with Crippen molar-refractivity contribution in [2.45, 2.75) is 25.1 Å². The molecular weight excluding hydrogens is 284 g/mol. The molecule has 11 heteroatoms. The minimum Gasteiger partial charge on any atom is -0.480 e. The van der Waals surface area contributed by atoms with Gasteiger partial charge in [-0.05, 0) is 16.8 Å². The molecule has 0 saturated carbocycles. The second-order valence-corrected chi connectivity index (χ2v) is 4.48. The van der Waals surface area contributed by atoms with Crippen LogP contribution in [0.4, 0.5) is 5.95 Å². The van der Waals surface area contributed by atoms with Crippen molar-refractivity contribution in [1.29, 1.82) is 0 Å². The maximum atomic E-state index is 11.9. The van der Waals surface area contributed by atoms with E-state index in [1.807, 2.05) is 0 Å². The van der Waals surface area contributed by atoms with Crippen molar-refractivity contribution in [3.63, 3.8) is 0 Å². The molecule has 1 aliphatic heterocycles. The molecule has 0 spiro atoms. The molecule has 0 aromatic carbocycles. The summed E-state index contributed by atoms with van der Waals surface area (Å²) in [6, 6.07) is -0.330. The molecule has 0 radical (unpaired) electrons. The zero-order chi connectivity index (χ0) is 15.2. The Balaban J connectivity index is 1.87. The Labute approximate surface area is 119 Å². The number of nitrogen functional groups attached to an aromatic ring is 1. The van der Waals surface area contributed by atoms with Crippen molar-refractivity contribution in [1.82, 2.24) is 25.5 Å². The average Bonchev–Trinajstić information content (AvgIpc) is 2.83. The van der Waals surface area contributed by atoms with Crippen LogP contribution in [0.2, 0.25) is 0 Å². The third-order valence-electron chi connectivity index (χ3n) is 2.92. The van der Waals surface area contributed by atoms with E-state index in [4.69, 9.17) is 20.3 Å². The highest BCUT2D eigenvalue weighted by molar-refractivity contribution is 5.76. The van der Waals surface area contributed by atoms with Crippen molar-refractivity contribution in [2.75, 3.05) is 25.6 Å². The predicted octanol–water partition coefficient (Wildman–Crippen LogP) is -2.37. The monoisotopic (exact) mass is 300 g/mol. The fourth-order valence-corrected chi connectivity index (χ4v) is 1.93. The number of ether oxygens (including phenoxy) is 2. The molecule has 1 saturated heterocycles. The Morgan fingerprint density at radius 2 is 2.38 bits per heavy atom. The number of nitrogens with zero attached hydrogens (tertiary/aromatic N) is 4. The Morgan fingerprint density at radius 3 is 3.05 bits per heavy atom. The van der Waals surface area contributed by atoms with Gasteiger partial charge in [-0.1, -0.05) is 5.10 Å². The zero-order valence-corrected chi connectivity index (χ0v) is 11.1. The molecule has 1 aromatic rings. The number of amides is 1. The fraction of sp³-hybridized carbons (Fsp3) is 0.700. The molecule has 2 rings (SSSR count). The number of aromatic nitrogens is 4. The van der Waals surface area contributed by atoms with Gasteiger partial charge in [0.1, 0.15) is 19.3 Å². The summed E-state index contributed by atoms with van der Waals surface area (Å²) in [7, 11) is 0. The van der Waals surface area contributed by atoms with Crippen molar-refractivity contribution in [3.05, 3.63) is 0 Å². The Morgan fingerprint density at radius 1 is 1.57 bits per heavy atom. The number of carbonyl (C=O) groups excluding carboxylic acids is 1. The van der Waals surface area contributed by atoms with E-state index in [1.54, 1.807) is 0 Å². The van der Waals surface area contributed by atoms with Crippen LogP contribution in [0.1, 0.15) is 6.42 Å². The number of nitrogens with one attached hydrogen (secondary N) is 1. The number of tetrazole rings is 1. The zero-order valence-electron chi connectivity index (χ0n) is 11.1. The highest BCUT2D eigenvalue weighted by Gasteiger charge is 2.28. The van der Waals surface area contributed by atoms with Gasteiger partial charge < -0.3 is 25.6 Å². The highest BCUT2D eigenvalue weighted by atomic mass is 16.5. The number of anilines is 1. The summed E-state index contributed by atoms with van der Waals surface area (Å²) in [6.45, 7) is 0.123. The average molecular weight is 300 g/mol. The first kappa shape index (κ1) is 15.1. The third kappa shape index (κ3) is 4.36. The summed E-state index contributed by atoms with van der Waals surface area (Å²) in [6.07, 6.45) is 0.0196. The number of hydrogen-bond acceptors (Lipinski definition) is 8. The van der Waals surface area contributed by atoms with Crippen LogP contribution in [-0.4, -0.2) is 69.2 Å². The lowest BCUT2D eigenvalue weighted by molar-refractivity contribution is -0.149. The molecule has 11 nitrogen and oxygen atoms in total. The van der Waals surface area contributed by atoms with Crippen LogP contribution in [0.5, 0.6) is 0 Å². The highest BCUT2D eigenvalue weighted by Crippen LogP contribution is 2.11. The lowest BCUT2D eigenvalue weighted by Gasteiger charge is -2.31. The van der Waals surface area contributed by atoms with E-state index in [2.05, 4.69) is 20.8 Å². The van der Waals surface area contributed by atoms with Gasteiger partial charge >= 0.3 is 5.97 Å². The normalized spacial score (nSPS) is 21.9. The fourth-order valence-electron chi connectivity index (χ4n) is 1.93. The molecule has 0 unspecified atom stereocenters. The molecule has 1 amide bonds. The Hall–Kier alpha value is -2.27. The lowest BCUT2D eigenvalue weighted by Crippen LogP contribution is -2.51. The van der Waals surface area contributed by atoms with Gasteiger partial charge in [-0.3, -0.25) is 4.79 Å². The Kier molecular flexibility index (Phi) is 5.00. The van der Waals surface area contributed by atoms with Crippen LogP contribution in [0.3, 0.4) is 0 Å². The maximum Gasteiger partial charge on any atom is 0.329 e. The van der Waals surface area contributed by atoms with Crippen LogP contribution in [0.15, 0.2) is 0 Å². The molecule has 0 aliphatic carbocycles. The molecule has 4 N–H and O–H groups in total. The van der Waals surface area contributed by atoms with Gasteiger partial charge in [-0.2, -0.15) is 0 Å². The minimum atomic E-state index is -1.08. The smallest absolute Gasteiger partial charge is 0.329 e. The molecule has 21 heavy (non-hydrogen) atoms. The summed E-state index contributed by atoms with van der Waals surface area (Å²) in [5.74, 6) is -1.38. The summed E-state index contributed by atoms with van der Waals surface area (Å²) in [5.41, 5.74) is 5.47. The van der Waals surface area contributed by atoms with E-state index in [0.717, 1.165) is 4.68 Å². The van der Waals surface area contributed by atoms with Crippen LogP contribution >= 0.6 is 0 Å². The standard InChI is InChI=1S/C10H16N6O5/c11-10-13-14-15-16(10)3-8(17)12-6-1-2-20-4-7(6)21-5-9(18)19/h6-7H,1-5H2,(H,12,17)(H,18,19)(H2,11,13,15)/t6-,7-/m1/s1. The van der Waals surface area contributed by atoms with Crippen LogP contribution in [0.25, 0.3) is 0 Å². The number of hydrogen-bond donors (Lipinski definition) is 3. The van der Waals surface area contributed by atoms with Crippen molar-refractivity contribution in [3.8, 4) is 0 Å². The van der Waals surface area contributed by atoms with E-state index in [-0.39, 0.29) is 31.0 Å². The second-order valence-electron chi connectivity index (χ2n) is 4.48. The molecule has 2 atom stereocenters. The first-order valence-corrected chi connectivity index (χ1v) is 6.28. The van der Waals surface area contributed by atoms with Crippen LogP contribution in [-0.2, 0) is 25.6 Å². The van der Waals surface area contributed by atoms with E-state index in [1.165, 1.54) is 0 Å². The second kappa shape index (κ2) is 6.95. The first-order valence-electron chi connectivity index (χ1n) is 6.28.